The highest BCUT2D eigenvalue weighted by Crippen LogP contribution is 2.48. The van der Waals surface area contributed by atoms with E-state index in [0.29, 0.717) is 0 Å². The van der Waals surface area contributed by atoms with Crippen molar-refractivity contribution < 1.29 is 9.52 Å². The first-order valence-electron chi connectivity index (χ1n) is 5.37. The quantitative estimate of drug-likeness (QED) is 0.889. The summed E-state index contributed by atoms with van der Waals surface area (Å²) in [6.07, 6.45) is 2.09. The predicted molar refractivity (Wildman–Crippen MR) is 62.6 cm³/mol. The third kappa shape index (κ3) is 1.49. The molecule has 3 rings (SSSR count). The summed E-state index contributed by atoms with van der Waals surface area (Å²) >= 11 is 1.58. The molecular formula is C12H13NO2S. The summed E-state index contributed by atoms with van der Waals surface area (Å²) in [5.74, 6) is 1.72. The first-order chi connectivity index (χ1) is 7.73. The number of hydrogen-bond donors (Lipinski definition) is 1. The maximum absolute atomic E-state index is 9.34. The third-order valence-electron chi connectivity index (χ3n) is 3.15. The van der Waals surface area contributed by atoms with Crippen LogP contribution in [0.25, 0.3) is 10.8 Å². The minimum Gasteiger partial charge on any atom is -0.459 e. The van der Waals surface area contributed by atoms with Crippen molar-refractivity contribution in [3.8, 4) is 10.8 Å². The zero-order valence-electron chi connectivity index (χ0n) is 9.06. The average molecular weight is 235 g/mol. The lowest BCUT2D eigenvalue weighted by Crippen LogP contribution is -2.11. The Balaban J connectivity index is 1.94. The second-order valence-corrected chi connectivity index (χ2v) is 5.24. The first kappa shape index (κ1) is 10.1. The molecule has 4 heteroatoms. The molecule has 16 heavy (non-hydrogen) atoms. The lowest BCUT2D eigenvalue weighted by Gasteiger charge is -2.06. The van der Waals surface area contributed by atoms with Gasteiger partial charge in [0.2, 0.25) is 0 Å². The maximum atomic E-state index is 9.34. The number of furan rings is 1. The Kier molecular flexibility index (Phi) is 2.16. The van der Waals surface area contributed by atoms with Gasteiger partial charge in [-0.3, -0.25) is 0 Å². The van der Waals surface area contributed by atoms with Crippen molar-refractivity contribution in [2.24, 2.45) is 0 Å². The Labute approximate surface area is 97.8 Å². The maximum Gasteiger partial charge on any atom is 0.162 e. The molecule has 2 heterocycles. The molecular weight excluding hydrogens is 222 g/mol. The number of hydrogen-bond acceptors (Lipinski definition) is 4. The molecule has 3 nitrogen and oxygen atoms in total. The van der Waals surface area contributed by atoms with E-state index in [1.165, 1.54) is 0 Å². The predicted octanol–water partition coefficient (Wildman–Crippen LogP) is 2.74. The summed E-state index contributed by atoms with van der Waals surface area (Å²) in [7, 11) is 0. The molecule has 1 N–H and O–H groups in total. The van der Waals surface area contributed by atoms with Crippen molar-refractivity contribution >= 4 is 11.3 Å². The van der Waals surface area contributed by atoms with Crippen molar-refractivity contribution in [3.63, 3.8) is 0 Å². The van der Waals surface area contributed by atoms with Crippen LogP contribution in [0.5, 0.6) is 0 Å². The van der Waals surface area contributed by atoms with Gasteiger partial charge in [0.05, 0.1) is 12.3 Å². The minimum absolute atomic E-state index is 0.0453. The van der Waals surface area contributed by atoms with Crippen LogP contribution in [0.3, 0.4) is 0 Å². The molecule has 0 saturated heterocycles. The van der Waals surface area contributed by atoms with E-state index >= 15 is 0 Å². The van der Waals surface area contributed by atoms with E-state index < -0.39 is 0 Å². The van der Waals surface area contributed by atoms with Gasteiger partial charge in [-0.15, -0.1) is 11.3 Å². The van der Waals surface area contributed by atoms with E-state index in [4.69, 9.17) is 4.42 Å². The van der Waals surface area contributed by atoms with Crippen LogP contribution >= 0.6 is 11.3 Å². The van der Waals surface area contributed by atoms with Crippen molar-refractivity contribution in [3.05, 3.63) is 29.0 Å². The molecule has 84 valence electrons. The van der Waals surface area contributed by atoms with Crippen LogP contribution in [0.4, 0.5) is 0 Å². The number of nitrogens with zero attached hydrogens (tertiary/aromatic N) is 1. The monoisotopic (exact) mass is 235 g/mol. The van der Waals surface area contributed by atoms with Gasteiger partial charge >= 0.3 is 0 Å². The number of aliphatic hydroxyl groups is 1. The molecule has 1 fully saturated rings. The van der Waals surface area contributed by atoms with Gasteiger partial charge in [0, 0.05) is 10.8 Å². The zero-order valence-corrected chi connectivity index (χ0v) is 9.88. The van der Waals surface area contributed by atoms with Crippen molar-refractivity contribution in [1.82, 2.24) is 4.98 Å². The molecule has 1 aliphatic rings. The Morgan fingerprint density at radius 1 is 1.50 bits per heavy atom. The van der Waals surface area contributed by atoms with Crippen molar-refractivity contribution in [2.75, 3.05) is 6.61 Å². The van der Waals surface area contributed by atoms with Crippen molar-refractivity contribution in [2.45, 2.75) is 25.2 Å². The van der Waals surface area contributed by atoms with E-state index in [0.717, 1.165) is 35.1 Å². The molecule has 2 aromatic rings. The molecule has 0 unspecified atom stereocenters. The van der Waals surface area contributed by atoms with Crippen LogP contribution in [0, 0.1) is 6.92 Å². The lowest BCUT2D eigenvalue weighted by molar-refractivity contribution is 0.253. The highest BCUT2D eigenvalue weighted by molar-refractivity contribution is 7.13. The molecule has 0 aliphatic heterocycles. The highest BCUT2D eigenvalue weighted by atomic mass is 32.1. The van der Waals surface area contributed by atoms with E-state index in [-0.39, 0.29) is 12.0 Å². The summed E-state index contributed by atoms with van der Waals surface area (Å²) in [6, 6.07) is 3.88. The first-order valence-corrected chi connectivity index (χ1v) is 6.25. The molecule has 0 aromatic carbocycles. The largest absolute Gasteiger partial charge is 0.459 e. The van der Waals surface area contributed by atoms with E-state index in [9.17, 15) is 5.11 Å². The molecule has 2 aromatic heterocycles. The molecule has 0 amide bonds. The minimum atomic E-state index is -0.0453. The second kappa shape index (κ2) is 3.43. The fraction of sp³-hybridized carbons (Fsp3) is 0.417. The van der Waals surface area contributed by atoms with Crippen LogP contribution in [0.2, 0.25) is 0 Å². The zero-order chi connectivity index (χ0) is 11.2. The standard InChI is InChI=1S/C12H13NO2S/c1-8-2-3-9(15-8)11-13-10(6-16-11)12(7-14)4-5-12/h2-3,6,14H,4-5,7H2,1H3. The smallest absolute Gasteiger partial charge is 0.162 e. The van der Waals surface area contributed by atoms with Crippen LogP contribution in [0.1, 0.15) is 24.3 Å². The molecule has 1 saturated carbocycles. The van der Waals surface area contributed by atoms with Gasteiger partial charge in [-0.25, -0.2) is 4.98 Å². The Morgan fingerprint density at radius 3 is 2.88 bits per heavy atom. The number of thiazole rings is 1. The number of aromatic nitrogens is 1. The third-order valence-corrected chi connectivity index (χ3v) is 4.01. The van der Waals surface area contributed by atoms with Crippen molar-refractivity contribution in [1.29, 1.82) is 0 Å². The van der Waals surface area contributed by atoms with Gasteiger partial charge < -0.3 is 9.52 Å². The molecule has 0 spiro atoms. The van der Waals surface area contributed by atoms with Gasteiger partial charge in [0.15, 0.2) is 10.8 Å². The number of aliphatic hydroxyl groups excluding tert-OH is 1. The van der Waals surface area contributed by atoms with E-state index in [1.807, 2.05) is 24.4 Å². The van der Waals surface area contributed by atoms with Gasteiger partial charge in [-0.1, -0.05) is 0 Å². The molecule has 0 bridgehead atoms. The highest BCUT2D eigenvalue weighted by Gasteiger charge is 2.45. The number of aryl methyl sites for hydroxylation is 1. The van der Waals surface area contributed by atoms with E-state index in [2.05, 4.69) is 4.98 Å². The molecule has 0 atom stereocenters. The topological polar surface area (TPSA) is 46.3 Å². The Bertz CT molecular complexity index is 511. The second-order valence-electron chi connectivity index (χ2n) is 4.39. The average Bonchev–Trinajstić information content (AvgIpc) is 2.74. The normalized spacial score (nSPS) is 17.6. The van der Waals surface area contributed by atoms with Gasteiger partial charge in [0.1, 0.15) is 5.76 Å². The van der Waals surface area contributed by atoms with Crippen LogP contribution in [-0.2, 0) is 5.41 Å². The molecule has 0 radical (unpaired) electrons. The van der Waals surface area contributed by atoms with Gasteiger partial charge in [-0.2, -0.15) is 0 Å². The summed E-state index contributed by atoms with van der Waals surface area (Å²) < 4.78 is 5.54. The summed E-state index contributed by atoms with van der Waals surface area (Å²) in [5, 5.41) is 12.3. The van der Waals surface area contributed by atoms with Crippen LogP contribution in [-0.4, -0.2) is 16.7 Å². The van der Waals surface area contributed by atoms with Gasteiger partial charge in [0.25, 0.3) is 0 Å². The van der Waals surface area contributed by atoms with Crippen LogP contribution in [0.15, 0.2) is 21.9 Å². The fourth-order valence-corrected chi connectivity index (χ4v) is 2.73. The lowest BCUT2D eigenvalue weighted by atomic mass is 10.1. The summed E-state index contributed by atoms with van der Waals surface area (Å²) in [6.45, 7) is 2.13. The summed E-state index contributed by atoms with van der Waals surface area (Å²) in [5.41, 5.74) is 0.972. The Hall–Kier alpha value is -1.13. The Morgan fingerprint density at radius 2 is 2.31 bits per heavy atom. The SMILES string of the molecule is Cc1ccc(-c2nc(C3(CO)CC3)cs2)o1. The number of rotatable bonds is 3. The summed E-state index contributed by atoms with van der Waals surface area (Å²) in [4.78, 5) is 4.56. The molecule has 1 aliphatic carbocycles. The van der Waals surface area contributed by atoms with Crippen LogP contribution < -0.4 is 0 Å². The van der Waals surface area contributed by atoms with E-state index in [1.54, 1.807) is 11.3 Å². The van der Waals surface area contributed by atoms with Gasteiger partial charge in [-0.05, 0) is 31.9 Å². The fourth-order valence-electron chi connectivity index (χ4n) is 1.83.